The second-order valence-electron chi connectivity index (χ2n) is 9.53. The van der Waals surface area contributed by atoms with Crippen LogP contribution in [0.4, 0.5) is 11.5 Å². The van der Waals surface area contributed by atoms with E-state index in [9.17, 15) is 10.1 Å². The summed E-state index contributed by atoms with van der Waals surface area (Å²) < 4.78 is 7.51. The number of hydrogen-bond acceptors (Lipinski definition) is 5. The molecule has 0 N–H and O–H groups in total. The predicted molar refractivity (Wildman–Crippen MR) is 162 cm³/mol. The minimum Gasteiger partial charge on any atom is -0.497 e. The average molecular weight is 539 g/mol. The van der Waals surface area contributed by atoms with E-state index < -0.39 is 0 Å². The van der Waals surface area contributed by atoms with E-state index in [2.05, 4.69) is 4.40 Å². The third-order valence-electron chi connectivity index (χ3n) is 7.13. The van der Waals surface area contributed by atoms with Crippen molar-refractivity contribution in [2.45, 2.75) is 6.92 Å². The highest BCUT2D eigenvalue weighted by molar-refractivity contribution is 6.14. The molecule has 0 saturated carbocycles. The maximum absolute atomic E-state index is 11.4. The molecule has 0 atom stereocenters. The first-order valence-electron chi connectivity index (χ1n) is 13.1. The van der Waals surface area contributed by atoms with Crippen LogP contribution in [-0.2, 0) is 0 Å². The van der Waals surface area contributed by atoms with Crippen molar-refractivity contribution < 1.29 is 9.66 Å². The van der Waals surface area contributed by atoms with Crippen LogP contribution in [0.15, 0.2) is 127 Å². The number of aryl methyl sites for hydroxylation is 1. The molecular weight excluding hydrogens is 512 g/mol. The van der Waals surface area contributed by atoms with Crippen molar-refractivity contribution in [3.05, 3.63) is 149 Å². The van der Waals surface area contributed by atoms with Crippen molar-refractivity contribution in [2.75, 3.05) is 7.11 Å². The fourth-order valence-corrected chi connectivity index (χ4v) is 5.16. The van der Waals surface area contributed by atoms with E-state index in [1.54, 1.807) is 25.4 Å². The van der Waals surface area contributed by atoms with Crippen molar-refractivity contribution in [1.82, 2.24) is 9.38 Å². The highest BCUT2D eigenvalue weighted by Gasteiger charge is 2.23. The Labute approximate surface area is 237 Å². The SMILES string of the molecule is COc1ccc(-c2c(-c3ccc([N+](=O)[O-])cc3)c(C)n3ccnc(N=C(c4ccccc4)c4ccccc4)c23)cc1. The molecule has 6 rings (SSSR count). The lowest BCUT2D eigenvalue weighted by Crippen LogP contribution is -2.03. The second-order valence-corrected chi connectivity index (χ2v) is 9.53. The zero-order chi connectivity index (χ0) is 28.3. The van der Waals surface area contributed by atoms with Crippen LogP contribution in [-0.4, -0.2) is 27.1 Å². The maximum Gasteiger partial charge on any atom is 0.269 e. The Hall–Kier alpha value is -5.56. The molecule has 0 aliphatic rings. The third kappa shape index (κ3) is 4.85. The summed E-state index contributed by atoms with van der Waals surface area (Å²) in [6.07, 6.45) is 3.68. The van der Waals surface area contributed by atoms with Crippen molar-refractivity contribution >= 4 is 22.7 Å². The van der Waals surface area contributed by atoms with Crippen LogP contribution in [0.5, 0.6) is 5.75 Å². The van der Waals surface area contributed by atoms with Gasteiger partial charge in [-0.1, -0.05) is 72.8 Å². The summed E-state index contributed by atoms with van der Waals surface area (Å²) in [7, 11) is 1.64. The van der Waals surface area contributed by atoms with Gasteiger partial charge in [0.1, 0.15) is 5.75 Å². The van der Waals surface area contributed by atoms with E-state index in [1.807, 2.05) is 98.0 Å². The number of nitro benzene ring substituents is 1. The number of hydrogen-bond donors (Lipinski definition) is 0. The summed E-state index contributed by atoms with van der Waals surface area (Å²) in [6, 6.07) is 34.7. The van der Waals surface area contributed by atoms with Crippen LogP contribution in [0.25, 0.3) is 27.8 Å². The Kier molecular flexibility index (Phi) is 6.83. The highest BCUT2D eigenvalue weighted by Crippen LogP contribution is 2.43. The van der Waals surface area contributed by atoms with Gasteiger partial charge in [-0.25, -0.2) is 9.98 Å². The first-order valence-corrected chi connectivity index (χ1v) is 13.1. The summed E-state index contributed by atoms with van der Waals surface area (Å²) in [5.41, 5.74) is 8.33. The molecule has 0 aliphatic carbocycles. The molecular formula is C34H26N4O3. The molecule has 200 valence electrons. The Morgan fingerprint density at radius 1 is 0.805 bits per heavy atom. The van der Waals surface area contributed by atoms with Gasteiger partial charge in [0, 0.05) is 52.5 Å². The molecule has 0 saturated heterocycles. The Morgan fingerprint density at radius 2 is 1.37 bits per heavy atom. The summed E-state index contributed by atoms with van der Waals surface area (Å²) in [6.45, 7) is 2.04. The number of non-ortho nitro benzene ring substituents is 1. The number of nitrogens with zero attached hydrogens (tertiary/aromatic N) is 4. The van der Waals surface area contributed by atoms with Crippen molar-refractivity contribution in [3.8, 4) is 28.0 Å². The Bertz CT molecular complexity index is 1840. The summed E-state index contributed by atoms with van der Waals surface area (Å²) >= 11 is 0. The minimum absolute atomic E-state index is 0.0449. The summed E-state index contributed by atoms with van der Waals surface area (Å²) in [5, 5.41) is 11.4. The van der Waals surface area contributed by atoms with Crippen molar-refractivity contribution in [3.63, 3.8) is 0 Å². The average Bonchev–Trinajstić information content (AvgIpc) is 3.33. The molecule has 0 unspecified atom stereocenters. The van der Waals surface area contributed by atoms with Crippen LogP contribution in [0.1, 0.15) is 16.8 Å². The number of aromatic nitrogens is 2. The normalized spacial score (nSPS) is 10.9. The van der Waals surface area contributed by atoms with E-state index in [4.69, 9.17) is 14.7 Å². The second kappa shape index (κ2) is 10.9. The molecule has 0 aliphatic heterocycles. The van der Waals surface area contributed by atoms with E-state index in [-0.39, 0.29) is 10.6 Å². The first-order chi connectivity index (χ1) is 20.0. The molecule has 6 aromatic rings. The van der Waals surface area contributed by atoms with Gasteiger partial charge in [-0.3, -0.25) is 10.1 Å². The summed E-state index contributed by atoms with van der Waals surface area (Å²) in [4.78, 5) is 21.0. The lowest BCUT2D eigenvalue weighted by molar-refractivity contribution is -0.384. The van der Waals surface area contributed by atoms with Gasteiger partial charge < -0.3 is 9.14 Å². The van der Waals surface area contributed by atoms with Gasteiger partial charge in [-0.05, 0) is 42.3 Å². The zero-order valence-electron chi connectivity index (χ0n) is 22.6. The van der Waals surface area contributed by atoms with E-state index >= 15 is 0 Å². The molecule has 0 spiro atoms. The number of nitro groups is 1. The van der Waals surface area contributed by atoms with E-state index in [0.29, 0.717) is 5.82 Å². The van der Waals surface area contributed by atoms with Gasteiger partial charge in [-0.15, -0.1) is 0 Å². The third-order valence-corrected chi connectivity index (χ3v) is 7.13. The number of ether oxygens (including phenoxy) is 1. The number of rotatable bonds is 7. The highest BCUT2D eigenvalue weighted by atomic mass is 16.6. The monoisotopic (exact) mass is 538 g/mol. The fourth-order valence-electron chi connectivity index (χ4n) is 5.16. The van der Waals surface area contributed by atoms with Gasteiger partial charge in [0.2, 0.25) is 0 Å². The molecule has 7 heteroatoms. The molecule has 41 heavy (non-hydrogen) atoms. The number of methoxy groups -OCH3 is 1. The molecule has 0 amide bonds. The van der Waals surface area contributed by atoms with Gasteiger partial charge in [0.15, 0.2) is 5.82 Å². The zero-order valence-corrected chi connectivity index (χ0v) is 22.6. The number of fused-ring (bicyclic) bond motifs is 1. The van der Waals surface area contributed by atoms with Crippen LogP contribution in [0.3, 0.4) is 0 Å². The van der Waals surface area contributed by atoms with Crippen molar-refractivity contribution in [1.29, 1.82) is 0 Å². The Morgan fingerprint density at radius 3 is 1.93 bits per heavy atom. The van der Waals surface area contributed by atoms with Gasteiger partial charge in [0.25, 0.3) is 5.69 Å². The number of aliphatic imine (C=N–C) groups is 1. The van der Waals surface area contributed by atoms with Crippen LogP contribution in [0, 0.1) is 17.0 Å². The predicted octanol–water partition coefficient (Wildman–Crippen LogP) is 8.06. The largest absolute Gasteiger partial charge is 0.497 e. The lowest BCUT2D eigenvalue weighted by Gasteiger charge is -2.10. The smallest absolute Gasteiger partial charge is 0.269 e. The quantitative estimate of drug-likeness (QED) is 0.117. The molecule has 4 aromatic carbocycles. The Balaban J connectivity index is 1.67. The van der Waals surface area contributed by atoms with Gasteiger partial charge in [-0.2, -0.15) is 0 Å². The van der Waals surface area contributed by atoms with E-state index in [1.165, 1.54) is 12.1 Å². The molecule has 0 radical (unpaired) electrons. The maximum atomic E-state index is 11.4. The molecule has 2 heterocycles. The lowest BCUT2D eigenvalue weighted by atomic mass is 9.95. The molecule has 7 nitrogen and oxygen atoms in total. The summed E-state index contributed by atoms with van der Waals surface area (Å²) in [5.74, 6) is 1.31. The van der Waals surface area contributed by atoms with Gasteiger partial charge in [0.05, 0.1) is 23.3 Å². The standard InChI is InChI=1S/C34H26N4O3/c1-23-30(24-13-17-28(18-14-24)38(39)40)31(25-15-19-29(41-2)20-16-25)33-34(35-21-22-37(23)33)36-32(26-9-5-3-6-10-26)27-11-7-4-8-12-27/h3-22H,1-2H3. The minimum atomic E-state index is -0.386. The molecule has 0 fully saturated rings. The fraction of sp³-hybridized carbons (Fsp3) is 0.0588. The molecule has 0 bridgehead atoms. The van der Waals surface area contributed by atoms with Gasteiger partial charge >= 0.3 is 0 Å². The first kappa shape index (κ1) is 25.7. The van der Waals surface area contributed by atoms with Crippen LogP contribution < -0.4 is 4.74 Å². The number of benzene rings is 4. The molecule has 2 aromatic heterocycles. The van der Waals surface area contributed by atoms with Crippen LogP contribution >= 0.6 is 0 Å². The van der Waals surface area contributed by atoms with E-state index in [0.717, 1.165) is 56.1 Å². The van der Waals surface area contributed by atoms with Crippen molar-refractivity contribution in [2.24, 2.45) is 4.99 Å². The topological polar surface area (TPSA) is 82.0 Å². The van der Waals surface area contributed by atoms with Crippen LogP contribution in [0.2, 0.25) is 0 Å².